The van der Waals surface area contributed by atoms with Crippen molar-refractivity contribution in [2.45, 2.75) is 38.5 Å². The van der Waals surface area contributed by atoms with Gasteiger partial charge in [0.25, 0.3) is 0 Å². The number of aromatic nitrogens is 1. The first kappa shape index (κ1) is 11.5. The number of hydrogen-bond acceptors (Lipinski definition) is 1. The van der Waals surface area contributed by atoms with E-state index in [1.165, 1.54) is 36.0 Å². The van der Waals surface area contributed by atoms with Gasteiger partial charge in [0, 0.05) is 11.8 Å². The van der Waals surface area contributed by atoms with Gasteiger partial charge in [0.05, 0.1) is 5.69 Å². The van der Waals surface area contributed by atoms with Crippen LogP contribution in [0, 0.1) is 6.92 Å². The van der Waals surface area contributed by atoms with E-state index in [9.17, 15) is 0 Å². The lowest BCUT2D eigenvalue weighted by Gasteiger charge is -2.39. The second kappa shape index (κ2) is 4.24. The van der Waals surface area contributed by atoms with Crippen LogP contribution in [-0.4, -0.2) is 4.98 Å². The molecule has 1 nitrogen and oxygen atoms in total. The van der Waals surface area contributed by atoms with Gasteiger partial charge < -0.3 is 0 Å². The standard InChI is InChI=1S/C17H19N/c1-13-11-16(14-7-4-3-5-8-14)18-12-15(13)17(2)9-6-10-17/h3-5,7-8,11-12H,6,9-10H2,1-2H3. The molecule has 1 heterocycles. The van der Waals surface area contributed by atoms with Gasteiger partial charge in [-0.05, 0) is 42.4 Å². The van der Waals surface area contributed by atoms with Gasteiger partial charge >= 0.3 is 0 Å². The van der Waals surface area contributed by atoms with Gasteiger partial charge in [-0.1, -0.05) is 43.7 Å². The third-order valence-corrected chi connectivity index (χ3v) is 4.29. The quantitative estimate of drug-likeness (QED) is 0.749. The lowest BCUT2D eigenvalue weighted by atomic mass is 9.65. The van der Waals surface area contributed by atoms with Crippen molar-refractivity contribution in [2.24, 2.45) is 0 Å². The Hall–Kier alpha value is -1.63. The first-order valence-corrected chi connectivity index (χ1v) is 6.72. The van der Waals surface area contributed by atoms with Crippen LogP contribution in [0.2, 0.25) is 0 Å². The molecule has 1 saturated carbocycles. The smallest absolute Gasteiger partial charge is 0.0704 e. The van der Waals surface area contributed by atoms with Crippen molar-refractivity contribution in [2.75, 3.05) is 0 Å². The van der Waals surface area contributed by atoms with Crippen LogP contribution in [0.25, 0.3) is 11.3 Å². The number of nitrogens with zero attached hydrogens (tertiary/aromatic N) is 1. The van der Waals surface area contributed by atoms with Crippen molar-refractivity contribution >= 4 is 0 Å². The number of hydrogen-bond donors (Lipinski definition) is 0. The number of rotatable bonds is 2. The molecule has 1 aliphatic carbocycles. The molecule has 1 fully saturated rings. The highest BCUT2D eigenvalue weighted by Gasteiger charge is 2.34. The fourth-order valence-corrected chi connectivity index (χ4v) is 2.93. The average Bonchev–Trinajstić information content (AvgIpc) is 2.37. The van der Waals surface area contributed by atoms with E-state index in [1.807, 2.05) is 6.07 Å². The summed E-state index contributed by atoms with van der Waals surface area (Å²) in [4.78, 5) is 4.66. The van der Waals surface area contributed by atoms with E-state index in [0.29, 0.717) is 5.41 Å². The van der Waals surface area contributed by atoms with Gasteiger partial charge in [-0.3, -0.25) is 4.98 Å². The minimum Gasteiger partial charge on any atom is -0.256 e. The summed E-state index contributed by atoms with van der Waals surface area (Å²) >= 11 is 0. The lowest BCUT2D eigenvalue weighted by molar-refractivity contribution is 0.270. The number of benzene rings is 1. The van der Waals surface area contributed by atoms with Crippen molar-refractivity contribution in [1.82, 2.24) is 4.98 Å². The SMILES string of the molecule is Cc1cc(-c2ccccc2)ncc1C1(C)CCC1. The molecule has 1 aromatic carbocycles. The molecule has 1 aliphatic rings. The van der Waals surface area contributed by atoms with E-state index < -0.39 is 0 Å². The molecule has 0 atom stereocenters. The maximum Gasteiger partial charge on any atom is 0.0704 e. The van der Waals surface area contributed by atoms with Crippen LogP contribution in [0.15, 0.2) is 42.6 Å². The van der Waals surface area contributed by atoms with Crippen LogP contribution in [0.1, 0.15) is 37.3 Å². The molecule has 0 N–H and O–H groups in total. The van der Waals surface area contributed by atoms with Crippen LogP contribution < -0.4 is 0 Å². The molecule has 18 heavy (non-hydrogen) atoms. The summed E-state index contributed by atoms with van der Waals surface area (Å²) in [6.45, 7) is 4.58. The first-order valence-electron chi connectivity index (χ1n) is 6.72. The summed E-state index contributed by atoms with van der Waals surface area (Å²) < 4.78 is 0. The summed E-state index contributed by atoms with van der Waals surface area (Å²) in [5.41, 5.74) is 5.48. The maximum atomic E-state index is 4.66. The highest BCUT2D eigenvalue weighted by Crippen LogP contribution is 2.44. The Bertz CT molecular complexity index is 553. The Morgan fingerprint density at radius 1 is 1.11 bits per heavy atom. The van der Waals surface area contributed by atoms with Crippen molar-refractivity contribution in [3.63, 3.8) is 0 Å². The van der Waals surface area contributed by atoms with E-state index >= 15 is 0 Å². The van der Waals surface area contributed by atoms with E-state index in [1.54, 1.807) is 0 Å². The van der Waals surface area contributed by atoms with Crippen molar-refractivity contribution in [3.05, 3.63) is 53.7 Å². The van der Waals surface area contributed by atoms with Gasteiger partial charge in [-0.15, -0.1) is 0 Å². The molecular weight excluding hydrogens is 218 g/mol. The molecule has 3 rings (SSSR count). The monoisotopic (exact) mass is 237 g/mol. The molecule has 92 valence electrons. The van der Waals surface area contributed by atoms with Gasteiger partial charge in [0.15, 0.2) is 0 Å². The predicted octanol–water partition coefficient (Wildman–Crippen LogP) is 4.50. The van der Waals surface area contributed by atoms with Crippen LogP contribution in [0.3, 0.4) is 0 Å². The molecule has 0 spiro atoms. The van der Waals surface area contributed by atoms with Crippen LogP contribution in [-0.2, 0) is 5.41 Å². The van der Waals surface area contributed by atoms with E-state index in [4.69, 9.17) is 0 Å². The number of pyridine rings is 1. The Balaban J connectivity index is 1.99. The molecule has 0 bridgehead atoms. The molecule has 1 heteroatoms. The van der Waals surface area contributed by atoms with Crippen molar-refractivity contribution in [3.8, 4) is 11.3 Å². The minimum absolute atomic E-state index is 0.381. The largest absolute Gasteiger partial charge is 0.256 e. The Kier molecular flexibility index (Phi) is 2.70. The topological polar surface area (TPSA) is 12.9 Å². The lowest BCUT2D eigenvalue weighted by Crippen LogP contribution is -2.31. The Labute approximate surface area is 109 Å². The third kappa shape index (κ3) is 1.84. The van der Waals surface area contributed by atoms with Crippen LogP contribution in [0.5, 0.6) is 0 Å². The predicted molar refractivity (Wildman–Crippen MR) is 75.6 cm³/mol. The van der Waals surface area contributed by atoms with Crippen molar-refractivity contribution in [1.29, 1.82) is 0 Å². The first-order chi connectivity index (χ1) is 8.69. The molecule has 0 saturated heterocycles. The molecule has 0 amide bonds. The molecule has 0 radical (unpaired) electrons. The van der Waals surface area contributed by atoms with E-state index in [2.05, 4.69) is 55.4 Å². The average molecular weight is 237 g/mol. The third-order valence-electron chi connectivity index (χ3n) is 4.29. The summed E-state index contributed by atoms with van der Waals surface area (Å²) in [6, 6.07) is 12.6. The summed E-state index contributed by atoms with van der Waals surface area (Å²) in [6.07, 6.45) is 6.06. The Morgan fingerprint density at radius 2 is 1.83 bits per heavy atom. The zero-order chi connectivity index (χ0) is 12.6. The molecule has 2 aromatic rings. The van der Waals surface area contributed by atoms with Crippen molar-refractivity contribution < 1.29 is 0 Å². The highest BCUT2D eigenvalue weighted by molar-refractivity contribution is 5.60. The molecule has 0 aliphatic heterocycles. The summed E-state index contributed by atoms with van der Waals surface area (Å²) in [5.74, 6) is 0. The Morgan fingerprint density at radius 3 is 2.39 bits per heavy atom. The molecule has 1 aromatic heterocycles. The molecule has 0 unspecified atom stereocenters. The zero-order valence-electron chi connectivity index (χ0n) is 11.1. The van der Waals surface area contributed by atoms with Gasteiger partial charge in [-0.2, -0.15) is 0 Å². The van der Waals surface area contributed by atoms with Gasteiger partial charge in [0.2, 0.25) is 0 Å². The van der Waals surface area contributed by atoms with Gasteiger partial charge in [-0.25, -0.2) is 0 Å². The maximum absolute atomic E-state index is 4.66. The zero-order valence-corrected chi connectivity index (χ0v) is 11.1. The summed E-state index contributed by atoms with van der Waals surface area (Å²) in [5, 5.41) is 0. The van der Waals surface area contributed by atoms with E-state index in [-0.39, 0.29) is 0 Å². The highest BCUT2D eigenvalue weighted by atomic mass is 14.7. The normalized spacial score (nSPS) is 17.2. The van der Waals surface area contributed by atoms with E-state index in [0.717, 1.165) is 5.69 Å². The number of aryl methyl sites for hydroxylation is 1. The fourth-order valence-electron chi connectivity index (χ4n) is 2.93. The second-order valence-corrected chi connectivity index (χ2v) is 5.66. The van der Waals surface area contributed by atoms with Gasteiger partial charge in [0.1, 0.15) is 0 Å². The summed E-state index contributed by atoms with van der Waals surface area (Å²) in [7, 11) is 0. The molecular formula is C17H19N. The second-order valence-electron chi connectivity index (χ2n) is 5.66. The van der Waals surface area contributed by atoms with Crippen LogP contribution in [0.4, 0.5) is 0 Å². The fraction of sp³-hybridized carbons (Fsp3) is 0.353. The van der Waals surface area contributed by atoms with Crippen LogP contribution >= 0.6 is 0 Å². The minimum atomic E-state index is 0.381.